The molecule has 0 saturated heterocycles. The van der Waals surface area contributed by atoms with Gasteiger partial charge in [0.25, 0.3) is 0 Å². The minimum Gasteiger partial charge on any atom is -0.480 e. The number of hydrogen-bond acceptors (Lipinski definition) is 3. The molecule has 0 fully saturated rings. The quantitative estimate of drug-likeness (QED) is 0.797. The number of ether oxygens (including phenoxy) is 1. The van der Waals surface area contributed by atoms with Crippen LogP contribution in [0.1, 0.15) is 26.6 Å². The van der Waals surface area contributed by atoms with Crippen LogP contribution in [-0.2, 0) is 5.41 Å². The van der Waals surface area contributed by atoms with Crippen molar-refractivity contribution >= 4 is 0 Å². The fourth-order valence-electron chi connectivity index (χ4n) is 1.78. The summed E-state index contributed by atoms with van der Waals surface area (Å²) >= 11 is 0. The van der Waals surface area contributed by atoms with Crippen LogP contribution < -0.4 is 4.74 Å². The fraction of sp³-hybridized carbons (Fsp3) is 0.385. The molecule has 0 aliphatic heterocycles. The molecule has 0 aromatic carbocycles. The minimum atomic E-state index is -0.0235. The number of nitrogens with zero attached hydrogens (tertiary/aromatic N) is 3. The molecule has 0 bridgehead atoms. The van der Waals surface area contributed by atoms with Crippen LogP contribution in [0.5, 0.6) is 5.88 Å². The van der Waals surface area contributed by atoms with E-state index >= 15 is 0 Å². The van der Waals surface area contributed by atoms with Gasteiger partial charge < -0.3 is 4.74 Å². The molecular weight excluding hydrogens is 214 g/mol. The summed E-state index contributed by atoms with van der Waals surface area (Å²) in [5.41, 5.74) is 0.891. The summed E-state index contributed by atoms with van der Waals surface area (Å²) in [7, 11) is 1.62. The van der Waals surface area contributed by atoms with Crippen LogP contribution >= 0.6 is 0 Å². The lowest BCUT2D eigenvalue weighted by Crippen LogP contribution is -2.18. The van der Waals surface area contributed by atoms with Crippen molar-refractivity contribution in [2.75, 3.05) is 7.11 Å². The molecule has 0 atom stereocenters. The van der Waals surface area contributed by atoms with Crippen molar-refractivity contribution in [3.05, 3.63) is 36.5 Å². The fourth-order valence-corrected chi connectivity index (χ4v) is 1.78. The smallest absolute Gasteiger partial charge is 0.238 e. The van der Waals surface area contributed by atoms with Gasteiger partial charge in [0.05, 0.1) is 7.11 Å². The Morgan fingerprint density at radius 2 is 1.94 bits per heavy atom. The average molecular weight is 231 g/mol. The first-order chi connectivity index (χ1) is 8.04. The Kier molecular flexibility index (Phi) is 2.88. The van der Waals surface area contributed by atoms with E-state index in [1.807, 2.05) is 22.9 Å². The topological polar surface area (TPSA) is 39.9 Å². The largest absolute Gasteiger partial charge is 0.480 e. The Balaban J connectivity index is 2.58. The van der Waals surface area contributed by atoms with Crippen LogP contribution in [-0.4, -0.2) is 21.6 Å². The summed E-state index contributed by atoms with van der Waals surface area (Å²) in [6.07, 6.45) is 5.45. The highest BCUT2D eigenvalue weighted by molar-refractivity contribution is 5.42. The molecule has 2 aromatic rings. The summed E-state index contributed by atoms with van der Waals surface area (Å²) in [5, 5.41) is 0. The second-order valence-electron chi connectivity index (χ2n) is 4.90. The third-order valence-electron chi connectivity index (χ3n) is 2.52. The van der Waals surface area contributed by atoms with Gasteiger partial charge in [0.2, 0.25) is 5.88 Å². The van der Waals surface area contributed by atoms with E-state index in [9.17, 15) is 0 Å². The molecule has 90 valence electrons. The first-order valence-electron chi connectivity index (χ1n) is 5.57. The zero-order chi connectivity index (χ0) is 12.5. The first-order valence-corrected chi connectivity index (χ1v) is 5.57. The van der Waals surface area contributed by atoms with Crippen molar-refractivity contribution in [3.63, 3.8) is 0 Å². The van der Waals surface area contributed by atoms with E-state index in [1.165, 1.54) is 0 Å². The maximum Gasteiger partial charge on any atom is 0.238 e. The molecule has 0 amide bonds. The summed E-state index contributed by atoms with van der Waals surface area (Å²) in [4.78, 5) is 8.62. The van der Waals surface area contributed by atoms with Crippen molar-refractivity contribution in [2.45, 2.75) is 26.2 Å². The summed E-state index contributed by atoms with van der Waals surface area (Å²) in [5.74, 6) is 1.60. The number of rotatable bonds is 2. The van der Waals surface area contributed by atoms with Crippen LogP contribution in [0, 0.1) is 0 Å². The Bertz CT molecular complexity index is 511. The lowest BCUT2D eigenvalue weighted by molar-refractivity contribution is 0.394. The molecule has 0 N–H and O–H groups in total. The SMILES string of the molecule is COc1ncccc1-n1ccnc1C(C)(C)C. The van der Waals surface area contributed by atoms with Crippen molar-refractivity contribution in [2.24, 2.45) is 0 Å². The highest BCUT2D eigenvalue weighted by atomic mass is 16.5. The highest BCUT2D eigenvalue weighted by Gasteiger charge is 2.21. The number of methoxy groups -OCH3 is 1. The van der Waals surface area contributed by atoms with E-state index in [4.69, 9.17) is 4.74 Å². The summed E-state index contributed by atoms with van der Waals surface area (Å²) in [6, 6.07) is 3.87. The van der Waals surface area contributed by atoms with Gasteiger partial charge in [0.1, 0.15) is 11.5 Å². The van der Waals surface area contributed by atoms with E-state index in [0.29, 0.717) is 5.88 Å². The number of aromatic nitrogens is 3. The number of hydrogen-bond donors (Lipinski definition) is 0. The van der Waals surface area contributed by atoms with Crippen LogP contribution in [0.4, 0.5) is 0 Å². The maximum atomic E-state index is 5.28. The maximum absolute atomic E-state index is 5.28. The molecule has 0 saturated carbocycles. The van der Waals surface area contributed by atoms with E-state index in [0.717, 1.165) is 11.5 Å². The van der Waals surface area contributed by atoms with E-state index in [2.05, 4.69) is 30.7 Å². The van der Waals surface area contributed by atoms with Crippen molar-refractivity contribution < 1.29 is 4.74 Å². The van der Waals surface area contributed by atoms with Gasteiger partial charge >= 0.3 is 0 Å². The van der Waals surface area contributed by atoms with Gasteiger partial charge in [0.15, 0.2) is 0 Å². The standard InChI is InChI=1S/C13H17N3O/c1-13(2,3)12-15-8-9-16(12)10-6-5-7-14-11(10)17-4/h5-9H,1-4H3. The van der Waals surface area contributed by atoms with E-state index in [-0.39, 0.29) is 5.41 Å². The van der Waals surface area contributed by atoms with E-state index in [1.54, 1.807) is 19.5 Å². The summed E-state index contributed by atoms with van der Waals surface area (Å²) < 4.78 is 7.30. The van der Waals surface area contributed by atoms with Crippen LogP contribution in [0.3, 0.4) is 0 Å². The molecule has 2 aromatic heterocycles. The van der Waals surface area contributed by atoms with Crippen LogP contribution in [0.15, 0.2) is 30.7 Å². The predicted molar refractivity (Wildman–Crippen MR) is 66.6 cm³/mol. The lowest BCUT2D eigenvalue weighted by atomic mass is 9.95. The predicted octanol–water partition coefficient (Wildman–Crippen LogP) is 2.57. The number of imidazole rings is 1. The summed E-state index contributed by atoms with van der Waals surface area (Å²) in [6.45, 7) is 6.40. The second kappa shape index (κ2) is 4.20. The second-order valence-corrected chi connectivity index (χ2v) is 4.90. The Morgan fingerprint density at radius 1 is 1.18 bits per heavy atom. The molecule has 17 heavy (non-hydrogen) atoms. The van der Waals surface area contributed by atoms with Gasteiger partial charge in [-0.1, -0.05) is 20.8 Å². The Labute approximate surface area is 101 Å². The molecule has 0 spiro atoms. The first kappa shape index (κ1) is 11.6. The minimum absolute atomic E-state index is 0.0235. The third kappa shape index (κ3) is 2.16. The van der Waals surface area contributed by atoms with Crippen LogP contribution in [0.25, 0.3) is 5.69 Å². The highest BCUT2D eigenvalue weighted by Crippen LogP contribution is 2.26. The molecule has 0 unspecified atom stereocenters. The number of pyridine rings is 1. The average Bonchev–Trinajstić information content (AvgIpc) is 2.77. The molecule has 0 radical (unpaired) electrons. The van der Waals surface area contributed by atoms with Gasteiger partial charge in [-0.15, -0.1) is 0 Å². The van der Waals surface area contributed by atoms with Gasteiger partial charge in [-0.05, 0) is 12.1 Å². The van der Waals surface area contributed by atoms with Crippen molar-refractivity contribution in [1.29, 1.82) is 0 Å². The monoisotopic (exact) mass is 231 g/mol. The van der Waals surface area contributed by atoms with Gasteiger partial charge in [-0.25, -0.2) is 9.97 Å². The van der Waals surface area contributed by atoms with Gasteiger partial charge in [-0.3, -0.25) is 4.57 Å². The van der Waals surface area contributed by atoms with Crippen LogP contribution in [0.2, 0.25) is 0 Å². The molecule has 0 aliphatic rings. The molecule has 0 aliphatic carbocycles. The lowest BCUT2D eigenvalue weighted by Gasteiger charge is -2.20. The normalized spacial score (nSPS) is 11.5. The Hall–Kier alpha value is -1.84. The molecule has 2 heterocycles. The van der Waals surface area contributed by atoms with E-state index < -0.39 is 0 Å². The van der Waals surface area contributed by atoms with Crippen molar-refractivity contribution in [3.8, 4) is 11.6 Å². The molecule has 4 nitrogen and oxygen atoms in total. The molecule has 2 rings (SSSR count). The Morgan fingerprint density at radius 3 is 2.59 bits per heavy atom. The zero-order valence-electron chi connectivity index (χ0n) is 10.6. The third-order valence-corrected chi connectivity index (χ3v) is 2.52. The van der Waals surface area contributed by atoms with Gasteiger partial charge in [0, 0.05) is 24.0 Å². The molecule has 4 heteroatoms. The van der Waals surface area contributed by atoms with Gasteiger partial charge in [-0.2, -0.15) is 0 Å². The van der Waals surface area contributed by atoms with Crippen molar-refractivity contribution in [1.82, 2.24) is 14.5 Å². The molecular formula is C13H17N3O. The zero-order valence-corrected chi connectivity index (χ0v) is 10.6.